The molecule has 0 saturated carbocycles. The van der Waals surface area contributed by atoms with Crippen molar-refractivity contribution in [3.05, 3.63) is 152 Å². The first-order valence-electron chi connectivity index (χ1n) is 37.0. The number of carbonyl (C=O) groups is 8. The molecule has 18 atom stereocenters. The van der Waals surface area contributed by atoms with Crippen LogP contribution >= 0.6 is 23.2 Å². The summed E-state index contributed by atoms with van der Waals surface area (Å²) >= 11 is 14.3. The topological polar surface area (TPSA) is 549 Å². The van der Waals surface area contributed by atoms with Crippen LogP contribution in [-0.4, -0.2) is 209 Å². The molecule has 7 amide bonds. The second-order valence-corrected chi connectivity index (χ2v) is 30.1. The van der Waals surface area contributed by atoms with Gasteiger partial charge >= 0.3 is 5.97 Å². The molecule has 22 N–H and O–H groups in total. The second kappa shape index (κ2) is 36.4. The number of nitrogens with two attached hydrogens (primary N) is 1. The molecule has 6 aromatic rings. The number of aliphatic hydroxyl groups is 7. The van der Waals surface area contributed by atoms with E-state index in [0.717, 1.165) is 78.2 Å². The van der Waals surface area contributed by atoms with E-state index in [0.29, 0.717) is 0 Å². The quantitative estimate of drug-likeness (QED) is 0.0455. The maximum atomic E-state index is 16.3. The Hall–Kier alpha value is -10.1. The van der Waals surface area contributed by atoms with Crippen LogP contribution in [0, 0.1) is 5.92 Å². The van der Waals surface area contributed by atoms with Gasteiger partial charge < -0.3 is 138 Å². The normalized spacial score (nSPS) is 27.3. The summed E-state index contributed by atoms with van der Waals surface area (Å²) < 4.78 is 39.4. The van der Waals surface area contributed by atoms with E-state index in [9.17, 15) is 75.3 Å². The highest BCUT2D eigenvalue weighted by atomic mass is 35.5. The van der Waals surface area contributed by atoms with Crippen LogP contribution in [0.4, 0.5) is 0 Å². The van der Waals surface area contributed by atoms with Crippen LogP contribution in [-0.2, 0) is 72.1 Å². The van der Waals surface area contributed by atoms with E-state index in [2.05, 4.69) is 47.9 Å². The smallest absolute Gasteiger partial charge is 0.330 e. The molecule has 618 valence electrons. The summed E-state index contributed by atoms with van der Waals surface area (Å²) in [7, 11) is 1.47. The van der Waals surface area contributed by atoms with Gasteiger partial charge in [0.1, 0.15) is 89.5 Å². The summed E-state index contributed by atoms with van der Waals surface area (Å²) in [6.07, 6.45) is -17.8. The fraction of sp³-hybridized carbons (Fsp3) is 0.436. The number of likely N-dealkylation sites (N-methyl/N-ethyl adjacent to an activating group) is 1. The van der Waals surface area contributed by atoms with Gasteiger partial charge in [-0.3, -0.25) is 33.6 Å². The lowest BCUT2D eigenvalue weighted by molar-refractivity contribution is -0.334. The van der Waals surface area contributed by atoms with Crippen molar-refractivity contribution >= 4 is 70.5 Å². The number of aryl methyl sites for hydroxylation is 1. The predicted molar refractivity (Wildman–Crippen MR) is 407 cm³/mol. The number of amides is 7. The second-order valence-electron chi connectivity index (χ2n) is 29.3. The maximum Gasteiger partial charge on any atom is 0.330 e. The van der Waals surface area contributed by atoms with Crippen molar-refractivity contribution in [2.24, 2.45) is 11.7 Å². The average Bonchev–Trinajstić information content (AvgIpc) is 0.755. The number of rotatable bonds is 21. The van der Waals surface area contributed by atoms with Gasteiger partial charge in [-0.2, -0.15) is 0 Å². The van der Waals surface area contributed by atoms with Gasteiger partial charge in [0.25, 0.3) is 0 Å². The third-order valence-electron chi connectivity index (χ3n) is 20.7. The number of fused-ring (bicyclic) bond motifs is 15. The van der Waals surface area contributed by atoms with Gasteiger partial charge in [-0.25, -0.2) is 4.79 Å². The molecule has 0 unspecified atom stereocenters. The number of carbonyl (C=O) groups excluding carboxylic acids is 7. The molecule has 0 radical (unpaired) electrons. The number of aliphatic hydroxyl groups excluding tert-OH is 7. The molecule has 7 aliphatic heterocycles. The van der Waals surface area contributed by atoms with Crippen LogP contribution in [0.25, 0.3) is 11.1 Å². The number of benzene rings is 6. The number of phenolic OH excluding ortho intramolecular Hbond substituents is 3. The highest BCUT2D eigenvalue weighted by molar-refractivity contribution is 6.32. The lowest BCUT2D eigenvalue weighted by Gasteiger charge is -2.48. The van der Waals surface area contributed by atoms with Crippen molar-refractivity contribution in [3.8, 4) is 57.1 Å². The number of nitrogens with one attached hydrogen (secondary N) is 9. The summed E-state index contributed by atoms with van der Waals surface area (Å²) in [5, 5.41) is 151. The molecule has 115 heavy (non-hydrogen) atoms. The number of hydrogen-bond donors (Lipinski definition) is 21. The van der Waals surface area contributed by atoms with Crippen LogP contribution < -0.4 is 67.8 Å². The molecule has 7 heterocycles. The Balaban J connectivity index is 1.14. The largest absolute Gasteiger partial charge is 0.507 e. The molecule has 6 aromatic carbocycles. The number of aromatic hydroxyl groups is 3. The first-order chi connectivity index (χ1) is 54.6. The molecule has 0 spiro atoms. The molecule has 7 aliphatic rings. The maximum absolute atomic E-state index is 16.3. The lowest BCUT2D eigenvalue weighted by atomic mass is 9.84. The Bertz CT molecular complexity index is 4660. The van der Waals surface area contributed by atoms with Crippen molar-refractivity contribution in [2.75, 3.05) is 26.8 Å². The molecule has 2 fully saturated rings. The third kappa shape index (κ3) is 18.9. The Morgan fingerprint density at radius 2 is 1.31 bits per heavy atom. The molecule has 11 bridgehead atoms. The molecule has 0 aromatic heterocycles. The Morgan fingerprint density at radius 3 is 1.91 bits per heavy atom. The van der Waals surface area contributed by atoms with Crippen LogP contribution in [0.15, 0.2) is 97.1 Å². The van der Waals surface area contributed by atoms with Gasteiger partial charge in [-0.05, 0) is 128 Å². The minimum atomic E-state index is -2.38. The van der Waals surface area contributed by atoms with E-state index in [1.807, 2.05) is 45.0 Å². The molecular formula is C78H92Cl2N10O25. The lowest BCUT2D eigenvalue weighted by Crippen LogP contribution is -2.65. The number of primary amides is 1. The molecule has 13 rings (SSSR count). The Kier molecular flexibility index (Phi) is 27.2. The molecule has 37 heteroatoms. The van der Waals surface area contributed by atoms with Crippen LogP contribution in [0.5, 0.6) is 46.0 Å². The molecule has 2 saturated heterocycles. The first kappa shape index (κ1) is 85.8. The van der Waals surface area contributed by atoms with E-state index in [-0.39, 0.29) is 64.9 Å². The Morgan fingerprint density at radius 1 is 0.696 bits per heavy atom. The number of carboxylic acid groups (broad SMARTS) is 1. The number of hydrogen-bond acceptors (Lipinski definition) is 27. The number of halogens is 2. The average molecular weight is 1640 g/mol. The minimum absolute atomic E-state index is 0.101. The van der Waals surface area contributed by atoms with E-state index in [4.69, 9.17) is 57.4 Å². The van der Waals surface area contributed by atoms with E-state index >= 15 is 19.2 Å². The third-order valence-corrected chi connectivity index (χ3v) is 21.3. The zero-order chi connectivity index (χ0) is 83.3. The fourth-order valence-electron chi connectivity index (χ4n) is 14.4. The summed E-state index contributed by atoms with van der Waals surface area (Å²) in [5.74, 6) is -16.2. The van der Waals surface area contributed by atoms with Crippen molar-refractivity contribution in [1.82, 2.24) is 47.9 Å². The summed E-state index contributed by atoms with van der Waals surface area (Å²) in [5.41, 5.74) is 3.19. The van der Waals surface area contributed by atoms with Crippen LogP contribution in [0.3, 0.4) is 0 Å². The van der Waals surface area contributed by atoms with Gasteiger partial charge in [-0.1, -0.05) is 86.4 Å². The minimum Gasteiger partial charge on any atom is -0.507 e. The van der Waals surface area contributed by atoms with Gasteiger partial charge in [0, 0.05) is 48.3 Å². The van der Waals surface area contributed by atoms with Gasteiger partial charge in [-0.15, -0.1) is 0 Å². The fourth-order valence-corrected chi connectivity index (χ4v) is 14.8. The van der Waals surface area contributed by atoms with Gasteiger partial charge in [0.2, 0.25) is 53.4 Å². The van der Waals surface area contributed by atoms with E-state index < -0.39 is 250 Å². The standard InChI is InChI=1S/C78H92Cl2N10O25/c1-7-34-8-10-35(11-9-34)29-84-78(5)28-55(110-33(4)69(78)101)114-68-66(100)65(99)53(31-92)113-77(68)115-67-51-24-39-25-52(67)112-50-17-14-38(23-44(50)80)63(97)61-75(107)88-59(76(108)109)41-26-48(94)42(30-83-18-19-91)64(98)56(41)40-21-36(12-15-47(40)93)57(72(104)90-61)87-73(105)58(39)86-71(103)46(27-54(81)95)85-74(106)60(89-70(102)45(82-6)20-32(2)3)62(96)37-13-16-49(111-51)43(79)22-37/h8-17,21-26,32-33,45-46,53,55,57-63,65-66,68-69,77,82-84,91-94,96-101H,7,18-20,27-31H2,1-6H3,(H2,81,95)(H,85,106)(H,86,103)(H,87,105)(H,88,107)(H,89,102)(H,90,104)(H,108,109)/t33-,45+,46-,53+,55-,57+,58+,59-,60+,61-,62+,63+,65+,66-,68+,69+,77-,78-/m0/s1. The summed E-state index contributed by atoms with van der Waals surface area (Å²) in [6.45, 7) is 7.28. The summed E-state index contributed by atoms with van der Waals surface area (Å²) in [6, 6.07) is 6.18. The van der Waals surface area contributed by atoms with Gasteiger partial charge in [0.15, 0.2) is 29.9 Å². The van der Waals surface area contributed by atoms with Crippen LogP contribution in [0.1, 0.15) is 129 Å². The molecule has 35 nitrogen and oxygen atoms in total. The van der Waals surface area contributed by atoms with Crippen molar-refractivity contribution in [2.45, 2.75) is 183 Å². The zero-order valence-electron chi connectivity index (χ0n) is 63.0. The monoisotopic (exact) mass is 1640 g/mol. The number of aliphatic carboxylic acids is 1. The summed E-state index contributed by atoms with van der Waals surface area (Å²) in [4.78, 5) is 119. The number of ether oxygens (including phenoxy) is 6. The number of carboxylic acids is 1. The molecular weight excluding hydrogens is 1550 g/mol. The number of phenols is 3. The van der Waals surface area contributed by atoms with Crippen molar-refractivity contribution in [3.63, 3.8) is 0 Å². The van der Waals surface area contributed by atoms with E-state index in [1.54, 1.807) is 13.8 Å². The first-order valence-corrected chi connectivity index (χ1v) is 37.7. The van der Waals surface area contributed by atoms with Crippen LogP contribution in [0.2, 0.25) is 10.0 Å². The Labute approximate surface area is 668 Å². The van der Waals surface area contributed by atoms with Gasteiger partial charge in [0.05, 0.1) is 53.5 Å². The van der Waals surface area contributed by atoms with Crippen molar-refractivity contribution in [1.29, 1.82) is 0 Å². The molecule has 0 aliphatic carbocycles. The predicted octanol–water partition coefficient (Wildman–Crippen LogP) is 1.58. The van der Waals surface area contributed by atoms with Crippen molar-refractivity contribution < 1.29 is 123 Å². The highest BCUT2D eigenvalue weighted by Crippen LogP contribution is 2.51. The highest BCUT2D eigenvalue weighted by Gasteiger charge is 2.52. The zero-order valence-corrected chi connectivity index (χ0v) is 64.5. The SMILES string of the molecule is CCc1ccc(CN[C@@]2(C)C[C@H](O[C@H]3[C@H](Oc4c5cc6cc4Oc4ccc(cc4Cl)[C@@H](O)[C@@H](NC(=O)[C@@H](CC(C)C)NC)C(=O)N[C@@H](CC(N)=O)C(=O)N[C@H]6C(=O)N[C@H]4C(=O)N[C@H](C(=O)N[C@H](C(=O)O)c6cc(O)c(CNCCO)c(O)c6-c6cc4ccc6O)[C@H](O)c4ccc(c(Cl)c4)O5)O[C@H](CO)[C@@H](O)[C@@H]3O)O[C@@H](C)[C@H]2O)cc1. The van der Waals surface area contributed by atoms with E-state index in [1.165, 1.54) is 19.2 Å².